The van der Waals surface area contributed by atoms with Gasteiger partial charge in [-0.1, -0.05) is 35.9 Å². The molecule has 0 aliphatic carbocycles. The van der Waals surface area contributed by atoms with Crippen molar-refractivity contribution in [1.29, 1.82) is 0 Å². The minimum absolute atomic E-state index is 0.321. The van der Waals surface area contributed by atoms with Crippen LogP contribution >= 0.6 is 11.6 Å². The van der Waals surface area contributed by atoms with Crippen molar-refractivity contribution in [3.05, 3.63) is 64.2 Å². The summed E-state index contributed by atoms with van der Waals surface area (Å²) >= 11 is 6.01. The highest BCUT2D eigenvalue weighted by Gasteiger charge is 2.28. The summed E-state index contributed by atoms with van der Waals surface area (Å²) in [5.74, 6) is 0. The number of piperazine rings is 1. The van der Waals surface area contributed by atoms with Crippen LogP contribution in [0.4, 0.5) is 0 Å². The molecule has 0 radical (unpaired) electrons. The summed E-state index contributed by atoms with van der Waals surface area (Å²) in [5.41, 5.74) is 3.35. The molecule has 0 bridgehead atoms. The number of hydrogen-bond donors (Lipinski definition) is 0. The number of benzene rings is 2. The standard InChI is InChI=1S/C19H23ClN2O2S/c1-15-5-3-4-6-17(15)14-21-9-11-22(12-10-21)25(23,24)18-7-8-19(20)16(2)13-18/h3-8,13H,9-12,14H2,1-2H3. The largest absolute Gasteiger partial charge is 0.296 e. The molecule has 1 fully saturated rings. The molecule has 0 amide bonds. The highest BCUT2D eigenvalue weighted by molar-refractivity contribution is 7.89. The lowest BCUT2D eigenvalue weighted by molar-refractivity contribution is 0.181. The Morgan fingerprint density at radius 1 is 0.960 bits per heavy atom. The summed E-state index contributed by atoms with van der Waals surface area (Å²) in [7, 11) is -3.46. The zero-order chi connectivity index (χ0) is 18.0. The lowest BCUT2D eigenvalue weighted by Crippen LogP contribution is -2.48. The van der Waals surface area contributed by atoms with Crippen molar-refractivity contribution in [2.24, 2.45) is 0 Å². The van der Waals surface area contributed by atoms with Crippen LogP contribution in [0.25, 0.3) is 0 Å². The van der Waals surface area contributed by atoms with Crippen LogP contribution in [-0.4, -0.2) is 43.8 Å². The van der Waals surface area contributed by atoms with E-state index in [9.17, 15) is 8.42 Å². The second kappa shape index (κ2) is 7.46. The van der Waals surface area contributed by atoms with E-state index in [0.717, 1.165) is 25.2 Å². The van der Waals surface area contributed by atoms with Gasteiger partial charge in [0.05, 0.1) is 4.90 Å². The van der Waals surface area contributed by atoms with Crippen LogP contribution in [0, 0.1) is 13.8 Å². The summed E-state index contributed by atoms with van der Waals surface area (Å²) in [6.45, 7) is 7.28. The van der Waals surface area contributed by atoms with Crippen LogP contribution in [0.15, 0.2) is 47.4 Å². The van der Waals surface area contributed by atoms with Gasteiger partial charge in [-0.05, 0) is 48.7 Å². The first-order valence-electron chi connectivity index (χ1n) is 8.41. The van der Waals surface area contributed by atoms with Crippen molar-refractivity contribution >= 4 is 21.6 Å². The normalized spacial score (nSPS) is 16.9. The molecular formula is C19H23ClN2O2S. The predicted octanol–water partition coefficient (Wildman–Crippen LogP) is 3.46. The van der Waals surface area contributed by atoms with Gasteiger partial charge in [0, 0.05) is 37.7 Å². The number of aryl methyl sites for hydroxylation is 2. The molecule has 0 aromatic heterocycles. The fraction of sp³-hybridized carbons (Fsp3) is 0.368. The Kier molecular flexibility index (Phi) is 5.49. The predicted molar refractivity (Wildman–Crippen MR) is 101 cm³/mol. The first kappa shape index (κ1) is 18.4. The fourth-order valence-electron chi connectivity index (χ4n) is 3.08. The van der Waals surface area contributed by atoms with Crippen LogP contribution in [-0.2, 0) is 16.6 Å². The van der Waals surface area contributed by atoms with Gasteiger partial charge in [0.25, 0.3) is 0 Å². The minimum Gasteiger partial charge on any atom is -0.296 e. The molecule has 0 unspecified atom stereocenters. The lowest BCUT2D eigenvalue weighted by atomic mass is 10.1. The second-order valence-corrected chi connectivity index (χ2v) is 8.86. The third-order valence-corrected chi connectivity index (χ3v) is 7.07. The maximum Gasteiger partial charge on any atom is 0.243 e. The van der Waals surface area contributed by atoms with E-state index in [2.05, 4.69) is 24.0 Å². The van der Waals surface area contributed by atoms with E-state index < -0.39 is 10.0 Å². The summed E-state index contributed by atoms with van der Waals surface area (Å²) in [4.78, 5) is 2.63. The Bertz CT molecular complexity index is 859. The van der Waals surface area contributed by atoms with Crippen LogP contribution in [0.5, 0.6) is 0 Å². The van der Waals surface area contributed by atoms with Gasteiger partial charge in [-0.3, -0.25) is 4.90 Å². The fourth-order valence-corrected chi connectivity index (χ4v) is 4.71. The lowest BCUT2D eigenvalue weighted by Gasteiger charge is -2.34. The Morgan fingerprint density at radius 2 is 1.64 bits per heavy atom. The third kappa shape index (κ3) is 4.06. The Hall–Kier alpha value is -1.40. The number of sulfonamides is 1. The molecule has 2 aromatic carbocycles. The van der Waals surface area contributed by atoms with E-state index >= 15 is 0 Å². The number of halogens is 1. The zero-order valence-electron chi connectivity index (χ0n) is 14.6. The smallest absolute Gasteiger partial charge is 0.243 e. The van der Waals surface area contributed by atoms with E-state index in [4.69, 9.17) is 11.6 Å². The number of nitrogens with zero attached hydrogens (tertiary/aromatic N) is 2. The van der Waals surface area contributed by atoms with Gasteiger partial charge in [0.1, 0.15) is 0 Å². The maximum atomic E-state index is 12.8. The van der Waals surface area contributed by atoms with Gasteiger partial charge in [-0.2, -0.15) is 4.31 Å². The molecular weight excluding hydrogens is 356 g/mol. The summed E-state index contributed by atoms with van der Waals surface area (Å²) < 4.78 is 27.2. The monoisotopic (exact) mass is 378 g/mol. The molecule has 1 aliphatic rings. The quantitative estimate of drug-likeness (QED) is 0.818. The van der Waals surface area contributed by atoms with Crippen molar-refractivity contribution in [2.45, 2.75) is 25.3 Å². The molecule has 1 aliphatic heterocycles. The van der Waals surface area contributed by atoms with Crippen molar-refractivity contribution < 1.29 is 8.42 Å². The molecule has 0 spiro atoms. The highest BCUT2D eigenvalue weighted by Crippen LogP contribution is 2.23. The molecule has 0 N–H and O–H groups in total. The number of hydrogen-bond acceptors (Lipinski definition) is 3. The average molecular weight is 379 g/mol. The molecule has 3 rings (SSSR count). The van der Waals surface area contributed by atoms with Gasteiger partial charge in [0.15, 0.2) is 0 Å². The zero-order valence-corrected chi connectivity index (χ0v) is 16.1. The molecule has 134 valence electrons. The minimum atomic E-state index is -3.46. The van der Waals surface area contributed by atoms with E-state index in [-0.39, 0.29) is 0 Å². The average Bonchev–Trinajstić information content (AvgIpc) is 2.60. The molecule has 6 heteroatoms. The SMILES string of the molecule is Cc1cc(S(=O)(=O)N2CCN(Cc3ccccc3C)CC2)ccc1Cl. The van der Waals surface area contributed by atoms with Crippen LogP contribution < -0.4 is 0 Å². The molecule has 0 atom stereocenters. The first-order valence-corrected chi connectivity index (χ1v) is 10.2. The van der Waals surface area contributed by atoms with Crippen LogP contribution in [0.3, 0.4) is 0 Å². The van der Waals surface area contributed by atoms with Gasteiger partial charge < -0.3 is 0 Å². The molecule has 1 saturated heterocycles. The van der Waals surface area contributed by atoms with E-state index in [1.165, 1.54) is 11.1 Å². The van der Waals surface area contributed by atoms with Gasteiger partial charge in [0.2, 0.25) is 10.0 Å². The van der Waals surface area contributed by atoms with Crippen LogP contribution in [0.2, 0.25) is 5.02 Å². The summed E-state index contributed by atoms with van der Waals surface area (Å²) in [6.07, 6.45) is 0. The van der Waals surface area contributed by atoms with Crippen molar-refractivity contribution in [3.63, 3.8) is 0 Å². The van der Waals surface area contributed by atoms with Gasteiger partial charge >= 0.3 is 0 Å². The third-order valence-electron chi connectivity index (χ3n) is 4.75. The molecule has 0 saturated carbocycles. The summed E-state index contributed by atoms with van der Waals surface area (Å²) in [5, 5.41) is 0.585. The van der Waals surface area contributed by atoms with E-state index in [1.54, 1.807) is 22.5 Å². The van der Waals surface area contributed by atoms with Crippen molar-refractivity contribution in [2.75, 3.05) is 26.2 Å². The van der Waals surface area contributed by atoms with Crippen LogP contribution in [0.1, 0.15) is 16.7 Å². The molecule has 1 heterocycles. The molecule has 2 aromatic rings. The van der Waals surface area contributed by atoms with Crippen molar-refractivity contribution in [3.8, 4) is 0 Å². The van der Waals surface area contributed by atoms with Crippen molar-refractivity contribution in [1.82, 2.24) is 9.21 Å². The van der Waals surface area contributed by atoms with E-state index in [0.29, 0.717) is 23.0 Å². The Balaban J connectivity index is 1.67. The summed E-state index contributed by atoms with van der Waals surface area (Å²) in [6, 6.07) is 13.2. The topological polar surface area (TPSA) is 40.6 Å². The molecule has 4 nitrogen and oxygen atoms in total. The Labute approximate surface area is 155 Å². The Morgan fingerprint density at radius 3 is 2.28 bits per heavy atom. The highest BCUT2D eigenvalue weighted by atomic mass is 35.5. The first-order chi connectivity index (χ1) is 11.9. The maximum absolute atomic E-state index is 12.8. The van der Waals surface area contributed by atoms with Gasteiger partial charge in [-0.15, -0.1) is 0 Å². The van der Waals surface area contributed by atoms with Gasteiger partial charge in [-0.25, -0.2) is 8.42 Å². The number of rotatable bonds is 4. The molecule has 25 heavy (non-hydrogen) atoms. The second-order valence-electron chi connectivity index (χ2n) is 6.52. The van der Waals surface area contributed by atoms with E-state index in [1.807, 2.05) is 19.1 Å².